The van der Waals surface area contributed by atoms with Crippen LogP contribution in [-0.2, 0) is 9.47 Å². The van der Waals surface area contributed by atoms with E-state index in [1.165, 1.54) is 0 Å². The van der Waals surface area contributed by atoms with Crippen molar-refractivity contribution in [1.82, 2.24) is 10.7 Å². The lowest BCUT2D eigenvalue weighted by atomic mass is 10.1. The number of hydrazone groups is 1. The highest BCUT2D eigenvalue weighted by Crippen LogP contribution is 2.10. The van der Waals surface area contributed by atoms with Gasteiger partial charge < -0.3 is 14.8 Å². The Hall–Kier alpha value is -0.720. The minimum Gasteiger partial charge on any atom is -0.381 e. The predicted octanol–water partition coefficient (Wildman–Crippen LogP) is 0.652. The van der Waals surface area contributed by atoms with Crippen LogP contribution < -0.4 is 10.7 Å². The van der Waals surface area contributed by atoms with Gasteiger partial charge in [-0.3, -0.25) is 5.43 Å². The molecule has 0 aliphatic carbocycles. The first-order chi connectivity index (χ1) is 8.34. The topological polar surface area (TPSA) is 54.9 Å². The zero-order valence-electron chi connectivity index (χ0n) is 9.85. The summed E-state index contributed by atoms with van der Waals surface area (Å²) in [5.41, 5.74) is 2.81. The van der Waals surface area contributed by atoms with Crippen molar-refractivity contribution in [1.29, 1.82) is 0 Å². The third-order valence-corrected chi connectivity index (χ3v) is 3.17. The predicted molar refractivity (Wildman–Crippen MR) is 70.1 cm³/mol. The molecule has 0 aromatic heterocycles. The molecule has 0 spiro atoms. The fourth-order valence-electron chi connectivity index (χ4n) is 1.92. The van der Waals surface area contributed by atoms with Gasteiger partial charge in [-0.2, -0.15) is 5.10 Å². The van der Waals surface area contributed by atoms with Crippen LogP contribution in [0.25, 0.3) is 0 Å². The summed E-state index contributed by atoms with van der Waals surface area (Å²) in [4.78, 5) is 0. The largest absolute Gasteiger partial charge is 0.381 e. The normalized spacial score (nSPS) is 28.7. The van der Waals surface area contributed by atoms with E-state index in [-0.39, 0.29) is 0 Å². The van der Waals surface area contributed by atoms with Crippen molar-refractivity contribution in [3.05, 3.63) is 0 Å². The van der Waals surface area contributed by atoms with Gasteiger partial charge in [-0.1, -0.05) is 0 Å². The third-order valence-electron chi connectivity index (χ3n) is 2.93. The highest BCUT2D eigenvalue weighted by molar-refractivity contribution is 7.80. The van der Waals surface area contributed by atoms with Crippen LogP contribution in [0.4, 0.5) is 0 Å². The lowest BCUT2D eigenvalue weighted by Crippen LogP contribution is -2.37. The van der Waals surface area contributed by atoms with Gasteiger partial charge in [0.15, 0.2) is 5.11 Å². The Morgan fingerprint density at radius 3 is 3.06 bits per heavy atom. The third kappa shape index (κ3) is 4.57. The van der Waals surface area contributed by atoms with E-state index in [4.69, 9.17) is 21.7 Å². The maximum Gasteiger partial charge on any atom is 0.187 e. The average molecular weight is 257 g/mol. The van der Waals surface area contributed by atoms with Crippen LogP contribution in [0.1, 0.15) is 19.3 Å². The van der Waals surface area contributed by atoms with Crippen molar-refractivity contribution in [2.75, 3.05) is 26.4 Å². The molecule has 0 radical (unpaired) electrons. The molecular formula is C11H19N3O2S. The van der Waals surface area contributed by atoms with Crippen molar-refractivity contribution in [2.24, 2.45) is 11.0 Å². The Bertz CT molecular complexity index is 274. The number of ether oxygens (including phenoxy) is 2. The molecule has 0 aromatic carbocycles. The highest BCUT2D eigenvalue weighted by atomic mass is 32.1. The van der Waals surface area contributed by atoms with Crippen LogP contribution >= 0.6 is 12.2 Å². The number of nitrogens with zero attached hydrogens (tertiary/aromatic N) is 1. The molecule has 2 atom stereocenters. The van der Waals surface area contributed by atoms with Crippen molar-refractivity contribution in [3.8, 4) is 0 Å². The lowest BCUT2D eigenvalue weighted by Gasteiger charge is -2.11. The molecule has 0 saturated carbocycles. The molecule has 0 bridgehead atoms. The summed E-state index contributed by atoms with van der Waals surface area (Å²) in [5, 5.41) is 7.75. The van der Waals surface area contributed by atoms with Gasteiger partial charge in [0, 0.05) is 31.9 Å². The van der Waals surface area contributed by atoms with Gasteiger partial charge in [-0.25, -0.2) is 0 Å². The Balaban J connectivity index is 1.56. The minimum absolute atomic E-state index is 0.293. The van der Waals surface area contributed by atoms with Crippen molar-refractivity contribution >= 4 is 23.5 Å². The molecule has 2 saturated heterocycles. The first-order valence-electron chi connectivity index (χ1n) is 6.11. The van der Waals surface area contributed by atoms with Crippen LogP contribution in [0.15, 0.2) is 5.10 Å². The first kappa shape index (κ1) is 12.7. The molecule has 2 rings (SSSR count). The Morgan fingerprint density at radius 1 is 1.41 bits per heavy atom. The van der Waals surface area contributed by atoms with Crippen LogP contribution in [0.2, 0.25) is 0 Å². The van der Waals surface area contributed by atoms with Gasteiger partial charge in [-0.05, 0) is 31.5 Å². The summed E-state index contributed by atoms with van der Waals surface area (Å²) in [5.74, 6) is 0.420. The van der Waals surface area contributed by atoms with E-state index >= 15 is 0 Å². The summed E-state index contributed by atoms with van der Waals surface area (Å²) in [6.45, 7) is 3.22. The maximum atomic E-state index is 5.48. The molecule has 2 N–H and O–H groups in total. The molecule has 17 heavy (non-hydrogen) atoms. The number of thiocarbonyl (C=S) groups is 1. The number of hydrogen-bond donors (Lipinski definition) is 2. The Kier molecular flexibility index (Phi) is 5.15. The SMILES string of the molecule is S=C(NC[C@@H]1CCCO1)NN=C[C@H]1CCOC1. The number of nitrogens with one attached hydrogen (secondary N) is 2. The molecule has 5 nitrogen and oxygen atoms in total. The second-order valence-corrected chi connectivity index (χ2v) is 4.77. The van der Waals surface area contributed by atoms with Gasteiger partial charge in [-0.15, -0.1) is 0 Å². The van der Waals surface area contributed by atoms with E-state index in [0.717, 1.165) is 45.6 Å². The molecule has 96 valence electrons. The fourth-order valence-corrected chi connectivity index (χ4v) is 2.06. The molecule has 2 heterocycles. The molecule has 2 fully saturated rings. The van der Waals surface area contributed by atoms with E-state index in [2.05, 4.69) is 15.8 Å². The van der Waals surface area contributed by atoms with Gasteiger partial charge >= 0.3 is 0 Å². The molecule has 2 aliphatic heterocycles. The van der Waals surface area contributed by atoms with Crippen molar-refractivity contribution < 1.29 is 9.47 Å². The summed E-state index contributed by atoms with van der Waals surface area (Å²) >= 11 is 5.11. The number of rotatable bonds is 4. The molecule has 0 unspecified atom stereocenters. The van der Waals surface area contributed by atoms with E-state index in [1.807, 2.05) is 6.21 Å². The molecule has 0 amide bonds. The molecule has 2 aliphatic rings. The average Bonchev–Trinajstić information content (AvgIpc) is 2.99. The standard InChI is InChI=1S/C11H19N3O2S/c17-11(12-7-10-2-1-4-16-10)14-13-6-9-3-5-15-8-9/h6,9-10H,1-5,7-8H2,(H2,12,14,17)/t9-,10+/m1/s1. The second kappa shape index (κ2) is 6.88. The fraction of sp³-hybridized carbons (Fsp3) is 0.818. The molecule has 6 heteroatoms. The summed E-state index contributed by atoms with van der Waals surface area (Å²) in [6, 6.07) is 0. The zero-order valence-corrected chi connectivity index (χ0v) is 10.7. The van der Waals surface area contributed by atoms with Crippen molar-refractivity contribution in [3.63, 3.8) is 0 Å². The maximum absolute atomic E-state index is 5.48. The highest BCUT2D eigenvalue weighted by Gasteiger charge is 2.15. The zero-order chi connectivity index (χ0) is 11.9. The first-order valence-corrected chi connectivity index (χ1v) is 6.52. The summed E-state index contributed by atoms with van der Waals surface area (Å²) < 4.78 is 10.7. The summed E-state index contributed by atoms with van der Waals surface area (Å²) in [6.07, 6.45) is 5.46. The van der Waals surface area contributed by atoms with E-state index in [9.17, 15) is 0 Å². The Morgan fingerprint density at radius 2 is 2.35 bits per heavy atom. The number of hydrogen-bond acceptors (Lipinski definition) is 4. The van der Waals surface area contributed by atoms with E-state index in [1.54, 1.807) is 0 Å². The van der Waals surface area contributed by atoms with Crippen LogP contribution in [-0.4, -0.2) is 43.8 Å². The monoisotopic (exact) mass is 257 g/mol. The van der Waals surface area contributed by atoms with Crippen molar-refractivity contribution in [2.45, 2.75) is 25.4 Å². The van der Waals surface area contributed by atoms with Gasteiger partial charge in [0.1, 0.15) is 0 Å². The molecular weight excluding hydrogens is 238 g/mol. The molecule has 0 aromatic rings. The minimum atomic E-state index is 0.293. The smallest absolute Gasteiger partial charge is 0.187 e. The summed E-state index contributed by atoms with van der Waals surface area (Å²) in [7, 11) is 0. The second-order valence-electron chi connectivity index (χ2n) is 4.36. The van der Waals surface area contributed by atoms with Crippen LogP contribution in [0, 0.1) is 5.92 Å². The van der Waals surface area contributed by atoms with Crippen LogP contribution in [0.3, 0.4) is 0 Å². The van der Waals surface area contributed by atoms with Gasteiger partial charge in [0.05, 0.1) is 12.7 Å². The van der Waals surface area contributed by atoms with Gasteiger partial charge in [0.25, 0.3) is 0 Å². The van der Waals surface area contributed by atoms with E-state index < -0.39 is 0 Å². The lowest BCUT2D eigenvalue weighted by molar-refractivity contribution is 0.114. The van der Waals surface area contributed by atoms with Crippen LogP contribution in [0.5, 0.6) is 0 Å². The Labute approximate surface area is 107 Å². The quantitative estimate of drug-likeness (QED) is 0.440. The van der Waals surface area contributed by atoms with Gasteiger partial charge in [0.2, 0.25) is 0 Å². The van der Waals surface area contributed by atoms with E-state index in [0.29, 0.717) is 17.1 Å².